The third-order valence-corrected chi connectivity index (χ3v) is 2.77. The molecule has 1 aromatic carbocycles. The number of rotatable bonds is 2. The summed E-state index contributed by atoms with van der Waals surface area (Å²) in [6, 6.07) is 4.82. The van der Waals surface area contributed by atoms with E-state index in [4.69, 9.17) is 4.74 Å². The topological polar surface area (TPSA) is 29.5 Å². The van der Waals surface area contributed by atoms with Crippen LogP contribution < -0.4 is 0 Å². The fraction of sp³-hybridized carbons (Fsp3) is 0.500. The number of hydrogen-bond donors (Lipinski definition) is 1. The highest BCUT2D eigenvalue weighted by molar-refractivity contribution is 5.34. The largest absolute Gasteiger partial charge is 0.386 e. The Bertz CT molecular complexity index is 351. The van der Waals surface area contributed by atoms with Gasteiger partial charge in [0.2, 0.25) is 0 Å². The van der Waals surface area contributed by atoms with E-state index in [0.717, 1.165) is 12.8 Å². The minimum atomic E-state index is -0.691. The van der Waals surface area contributed by atoms with Gasteiger partial charge in [-0.1, -0.05) is 25.5 Å². The molecular weight excluding hydrogens is 195 g/mol. The van der Waals surface area contributed by atoms with E-state index < -0.39 is 6.10 Å². The van der Waals surface area contributed by atoms with E-state index >= 15 is 0 Å². The van der Waals surface area contributed by atoms with Gasteiger partial charge in [0, 0.05) is 5.56 Å². The highest BCUT2D eigenvalue weighted by Crippen LogP contribution is 2.36. The summed E-state index contributed by atoms with van der Waals surface area (Å²) in [6.07, 6.45) is 0.841. The molecule has 0 unspecified atom stereocenters. The van der Waals surface area contributed by atoms with Crippen molar-refractivity contribution in [2.45, 2.75) is 32.0 Å². The maximum Gasteiger partial charge on any atom is 0.129 e. The highest BCUT2D eigenvalue weighted by atomic mass is 19.1. The second-order valence-electron chi connectivity index (χ2n) is 3.87. The van der Waals surface area contributed by atoms with Gasteiger partial charge in [-0.15, -0.1) is 0 Å². The first kappa shape index (κ1) is 10.6. The summed E-state index contributed by atoms with van der Waals surface area (Å²) in [4.78, 5) is 0. The molecule has 82 valence electrons. The average Bonchev–Trinajstić information content (AvgIpc) is 2.23. The Morgan fingerprint density at radius 1 is 1.53 bits per heavy atom. The Hall–Kier alpha value is -0.930. The van der Waals surface area contributed by atoms with Crippen molar-refractivity contribution in [3.63, 3.8) is 0 Å². The van der Waals surface area contributed by atoms with E-state index in [1.165, 1.54) is 6.07 Å². The van der Waals surface area contributed by atoms with Crippen LogP contribution >= 0.6 is 0 Å². The number of ether oxygens (including phenoxy) is 1. The molecule has 2 atom stereocenters. The molecule has 1 N–H and O–H groups in total. The molecule has 0 amide bonds. The Labute approximate surface area is 88.7 Å². The zero-order chi connectivity index (χ0) is 10.8. The van der Waals surface area contributed by atoms with Gasteiger partial charge >= 0.3 is 0 Å². The smallest absolute Gasteiger partial charge is 0.129 e. The molecule has 0 aromatic heterocycles. The minimum Gasteiger partial charge on any atom is -0.386 e. The van der Waals surface area contributed by atoms with Crippen molar-refractivity contribution in [2.24, 2.45) is 0 Å². The summed E-state index contributed by atoms with van der Waals surface area (Å²) in [5.74, 6) is -0.273. The van der Waals surface area contributed by atoms with Gasteiger partial charge in [-0.05, 0) is 18.1 Å². The van der Waals surface area contributed by atoms with Crippen LogP contribution in [0.3, 0.4) is 0 Å². The third kappa shape index (κ3) is 1.90. The second-order valence-corrected chi connectivity index (χ2v) is 3.87. The maximum atomic E-state index is 13.6. The van der Waals surface area contributed by atoms with E-state index in [9.17, 15) is 9.50 Å². The predicted octanol–water partition coefficient (Wildman–Crippen LogP) is 2.73. The summed E-state index contributed by atoms with van der Waals surface area (Å²) < 4.78 is 19.1. The lowest BCUT2D eigenvalue weighted by molar-refractivity contribution is -0.0358. The molecule has 0 aliphatic carbocycles. The van der Waals surface area contributed by atoms with Crippen LogP contribution in [0, 0.1) is 5.82 Å². The van der Waals surface area contributed by atoms with Gasteiger partial charge in [-0.2, -0.15) is 0 Å². The van der Waals surface area contributed by atoms with Crippen molar-refractivity contribution in [1.29, 1.82) is 0 Å². The Kier molecular flexibility index (Phi) is 3.03. The number of fused-ring (bicyclic) bond motifs is 1. The normalized spacial score (nSPS) is 25.0. The predicted molar refractivity (Wildman–Crippen MR) is 55.0 cm³/mol. The molecule has 1 heterocycles. The average molecular weight is 210 g/mol. The Balaban J connectivity index is 2.42. The van der Waals surface area contributed by atoms with Crippen molar-refractivity contribution in [1.82, 2.24) is 0 Å². The van der Waals surface area contributed by atoms with E-state index in [2.05, 4.69) is 0 Å². The van der Waals surface area contributed by atoms with Gasteiger partial charge < -0.3 is 9.84 Å². The summed E-state index contributed by atoms with van der Waals surface area (Å²) in [7, 11) is 0. The van der Waals surface area contributed by atoms with Crippen molar-refractivity contribution >= 4 is 0 Å². The fourth-order valence-corrected chi connectivity index (χ4v) is 2.05. The number of aliphatic hydroxyl groups is 1. The Morgan fingerprint density at radius 2 is 2.33 bits per heavy atom. The molecule has 0 radical (unpaired) electrons. The lowest BCUT2D eigenvalue weighted by Gasteiger charge is -2.29. The van der Waals surface area contributed by atoms with Crippen LogP contribution in [-0.4, -0.2) is 11.7 Å². The van der Waals surface area contributed by atoms with Gasteiger partial charge in [0.05, 0.1) is 12.7 Å². The van der Waals surface area contributed by atoms with E-state index in [-0.39, 0.29) is 18.5 Å². The standard InChI is InChI=1S/C12H15FO2/c1-2-4-11-12-8(10(14)7-15-11)5-3-6-9(12)13/h3,5-6,10-11,14H,2,4,7H2,1H3/t10-,11-/m0/s1. The van der Waals surface area contributed by atoms with Gasteiger partial charge in [-0.3, -0.25) is 0 Å². The van der Waals surface area contributed by atoms with E-state index in [1.54, 1.807) is 12.1 Å². The van der Waals surface area contributed by atoms with Gasteiger partial charge in [0.15, 0.2) is 0 Å². The van der Waals surface area contributed by atoms with Crippen LogP contribution in [0.25, 0.3) is 0 Å². The summed E-state index contributed by atoms with van der Waals surface area (Å²) >= 11 is 0. The Morgan fingerprint density at radius 3 is 3.07 bits per heavy atom. The van der Waals surface area contributed by atoms with E-state index in [0.29, 0.717) is 11.1 Å². The molecule has 3 heteroatoms. The fourth-order valence-electron chi connectivity index (χ4n) is 2.05. The van der Waals surface area contributed by atoms with Crippen LogP contribution in [0.5, 0.6) is 0 Å². The molecule has 2 rings (SSSR count). The number of benzene rings is 1. The molecule has 0 spiro atoms. The number of halogens is 1. The first-order chi connectivity index (χ1) is 7.24. The van der Waals surface area contributed by atoms with Crippen molar-refractivity contribution in [2.75, 3.05) is 6.61 Å². The summed E-state index contributed by atoms with van der Waals surface area (Å²) in [6.45, 7) is 2.30. The lowest BCUT2D eigenvalue weighted by atomic mass is 9.93. The van der Waals surface area contributed by atoms with Crippen LogP contribution in [0.4, 0.5) is 4.39 Å². The third-order valence-electron chi connectivity index (χ3n) is 2.77. The van der Waals surface area contributed by atoms with Crippen LogP contribution in [-0.2, 0) is 4.74 Å². The molecule has 0 fully saturated rings. The molecule has 0 saturated carbocycles. The molecule has 2 nitrogen and oxygen atoms in total. The van der Waals surface area contributed by atoms with Crippen LogP contribution in [0.15, 0.2) is 18.2 Å². The zero-order valence-electron chi connectivity index (χ0n) is 8.74. The molecule has 1 aromatic rings. The van der Waals surface area contributed by atoms with Crippen LogP contribution in [0.1, 0.15) is 43.1 Å². The first-order valence-corrected chi connectivity index (χ1v) is 5.32. The molecule has 1 aliphatic rings. The molecular formula is C12H15FO2. The summed E-state index contributed by atoms with van der Waals surface area (Å²) in [5.41, 5.74) is 1.22. The van der Waals surface area contributed by atoms with Gasteiger partial charge in [-0.25, -0.2) is 4.39 Å². The molecule has 0 bridgehead atoms. The zero-order valence-corrected chi connectivity index (χ0v) is 8.74. The van der Waals surface area contributed by atoms with Crippen molar-refractivity contribution in [3.05, 3.63) is 35.1 Å². The monoisotopic (exact) mass is 210 g/mol. The second kappa shape index (κ2) is 4.29. The molecule has 15 heavy (non-hydrogen) atoms. The van der Waals surface area contributed by atoms with Crippen LogP contribution in [0.2, 0.25) is 0 Å². The maximum absolute atomic E-state index is 13.6. The number of hydrogen-bond acceptors (Lipinski definition) is 2. The summed E-state index contributed by atoms with van der Waals surface area (Å²) in [5, 5.41) is 9.68. The van der Waals surface area contributed by atoms with Crippen molar-refractivity contribution in [3.8, 4) is 0 Å². The van der Waals surface area contributed by atoms with Gasteiger partial charge in [0.1, 0.15) is 11.9 Å². The minimum absolute atomic E-state index is 0.199. The molecule has 1 aliphatic heterocycles. The first-order valence-electron chi connectivity index (χ1n) is 5.32. The van der Waals surface area contributed by atoms with Crippen molar-refractivity contribution < 1.29 is 14.2 Å². The van der Waals surface area contributed by atoms with E-state index in [1.807, 2.05) is 6.92 Å². The SMILES string of the molecule is CCC[C@@H]1OC[C@H](O)c2cccc(F)c21. The lowest BCUT2D eigenvalue weighted by Crippen LogP contribution is -2.22. The van der Waals surface area contributed by atoms with Gasteiger partial charge in [0.25, 0.3) is 0 Å². The number of aliphatic hydroxyl groups excluding tert-OH is 1. The highest BCUT2D eigenvalue weighted by Gasteiger charge is 2.28. The quantitative estimate of drug-likeness (QED) is 0.813. The molecule has 0 saturated heterocycles.